The van der Waals surface area contributed by atoms with Crippen LogP contribution in [0.25, 0.3) is 0 Å². The molecule has 1 aromatic carbocycles. The van der Waals surface area contributed by atoms with E-state index in [1.165, 1.54) is 17.6 Å². The highest BCUT2D eigenvalue weighted by Crippen LogP contribution is 2.03. The van der Waals surface area contributed by atoms with Crippen molar-refractivity contribution in [2.45, 2.75) is 13.0 Å². The molecule has 1 aromatic heterocycles. The van der Waals surface area contributed by atoms with Crippen molar-refractivity contribution in [2.75, 3.05) is 6.54 Å². The van der Waals surface area contributed by atoms with Crippen LogP contribution in [0.3, 0.4) is 0 Å². The Kier molecular flexibility index (Phi) is 3.96. The van der Waals surface area contributed by atoms with E-state index >= 15 is 0 Å². The van der Waals surface area contributed by atoms with E-state index in [4.69, 9.17) is 0 Å². The second-order valence-corrected chi connectivity index (χ2v) is 4.06. The highest BCUT2D eigenvalue weighted by Gasteiger charge is 1.97. The number of hydrogen-bond donors (Lipinski definition) is 1. The fourth-order valence-electron chi connectivity index (χ4n) is 1.40. The highest BCUT2D eigenvalue weighted by atomic mass is 32.1. The van der Waals surface area contributed by atoms with Gasteiger partial charge in [-0.05, 0) is 42.2 Å². The molecule has 2 aromatic rings. The number of hydrogen-bond acceptors (Lipinski definition) is 4. The largest absolute Gasteiger partial charge is 0.311 e. The average molecular weight is 237 g/mol. The zero-order valence-corrected chi connectivity index (χ0v) is 9.51. The molecule has 0 amide bonds. The average Bonchev–Trinajstić information content (AvgIpc) is 2.77. The molecule has 1 N–H and O–H groups in total. The quantitative estimate of drug-likeness (QED) is 0.808. The summed E-state index contributed by atoms with van der Waals surface area (Å²) in [7, 11) is 0. The molecule has 0 radical (unpaired) electrons. The number of rotatable bonds is 5. The van der Waals surface area contributed by atoms with Crippen LogP contribution in [0.5, 0.6) is 0 Å². The summed E-state index contributed by atoms with van der Waals surface area (Å²) in [5.74, 6) is -0.179. The van der Waals surface area contributed by atoms with Gasteiger partial charge in [-0.3, -0.25) is 0 Å². The molecule has 0 fully saturated rings. The van der Waals surface area contributed by atoms with Gasteiger partial charge in [-0.15, -0.1) is 5.10 Å². The van der Waals surface area contributed by atoms with Gasteiger partial charge >= 0.3 is 0 Å². The fourth-order valence-corrected chi connectivity index (χ4v) is 1.85. The first-order valence-electron chi connectivity index (χ1n) is 5.06. The Morgan fingerprint density at radius 1 is 1.38 bits per heavy atom. The molecule has 5 heteroatoms. The van der Waals surface area contributed by atoms with Gasteiger partial charge in [0.25, 0.3) is 0 Å². The van der Waals surface area contributed by atoms with Crippen molar-refractivity contribution in [1.29, 1.82) is 0 Å². The van der Waals surface area contributed by atoms with E-state index in [0.29, 0.717) is 6.54 Å². The third kappa shape index (κ3) is 3.36. The highest BCUT2D eigenvalue weighted by molar-refractivity contribution is 7.03. The zero-order chi connectivity index (χ0) is 11.2. The lowest BCUT2D eigenvalue weighted by Crippen LogP contribution is -2.16. The van der Waals surface area contributed by atoms with E-state index in [0.717, 1.165) is 24.2 Å². The number of halogens is 1. The smallest absolute Gasteiger partial charge is 0.123 e. The summed E-state index contributed by atoms with van der Waals surface area (Å²) in [5.41, 5.74) is 1.95. The van der Waals surface area contributed by atoms with Gasteiger partial charge in [0.1, 0.15) is 5.82 Å². The minimum absolute atomic E-state index is 0.179. The number of nitrogens with zero attached hydrogens (tertiary/aromatic N) is 2. The number of nitrogens with one attached hydrogen (secondary N) is 1. The van der Waals surface area contributed by atoms with Gasteiger partial charge in [-0.25, -0.2) is 4.39 Å². The van der Waals surface area contributed by atoms with Crippen LogP contribution < -0.4 is 5.32 Å². The third-order valence-corrected chi connectivity index (χ3v) is 2.74. The molecule has 0 unspecified atom stereocenters. The van der Waals surface area contributed by atoms with E-state index in [-0.39, 0.29) is 5.82 Å². The third-order valence-electron chi connectivity index (χ3n) is 2.19. The Labute approximate surface area is 97.5 Å². The van der Waals surface area contributed by atoms with Crippen molar-refractivity contribution in [3.63, 3.8) is 0 Å². The topological polar surface area (TPSA) is 37.8 Å². The molecular weight excluding hydrogens is 225 g/mol. The van der Waals surface area contributed by atoms with Gasteiger partial charge < -0.3 is 5.32 Å². The maximum Gasteiger partial charge on any atom is 0.123 e. The predicted octanol–water partition coefficient (Wildman–Crippen LogP) is 2.01. The molecule has 0 saturated heterocycles. The maximum atomic E-state index is 12.9. The van der Waals surface area contributed by atoms with Crippen molar-refractivity contribution in [3.8, 4) is 0 Å². The lowest BCUT2D eigenvalue weighted by molar-refractivity contribution is 0.622. The molecule has 0 aliphatic rings. The van der Waals surface area contributed by atoms with Gasteiger partial charge in [-0.1, -0.05) is 16.6 Å². The van der Waals surface area contributed by atoms with Crippen molar-refractivity contribution in [1.82, 2.24) is 14.9 Å². The second kappa shape index (κ2) is 5.67. The lowest BCUT2D eigenvalue weighted by atomic mass is 10.1. The summed E-state index contributed by atoms with van der Waals surface area (Å²) in [5, 5.41) is 9.07. The van der Waals surface area contributed by atoms with Crippen LogP contribution in [0.4, 0.5) is 4.39 Å². The van der Waals surface area contributed by atoms with Crippen molar-refractivity contribution < 1.29 is 4.39 Å². The molecule has 0 spiro atoms. The van der Waals surface area contributed by atoms with Crippen molar-refractivity contribution in [3.05, 3.63) is 46.7 Å². The molecule has 0 bridgehead atoms. The van der Waals surface area contributed by atoms with Gasteiger partial charge in [0.15, 0.2) is 0 Å². The minimum atomic E-state index is -0.179. The van der Waals surface area contributed by atoms with Gasteiger partial charge in [0.2, 0.25) is 0 Å². The van der Waals surface area contributed by atoms with Gasteiger partial charge in [0, 0.05) is 11.9 Å². The molecule has 3 nitrogen and oxygen atoms in total. The summed E-state index contributed by atoms with van der Waals surface area (Å²) in [6, 6.07) is 6.67. The Balaban J connectivity index is 1.72. The number of aromatic nitrogens is 2. The monoisotopic (exact) mass is 237 g/mol. The first kappa shape index (κ1) is 11.2. The molecule has 16 heavy (non-hydrogen) atoms. The summed E-state index contributed by atoms with van der Waals surface area (Å²) < 4.78 is 16.6. The summed E-state index contributed by atoms with van der Waals surface area (Å²) in [6.45, 7) is 1.52. The normalized spacial score (nSPS) is 10.6. The van der Waals surface area contributed by atoms with Crippen LogP contribution in [0, 0.1) is 5.82 Å². The molecular formula is C11H12FN3S. The van der Waals surface area contributed by atoms with Crippen LogP contribution in [-0.2, 0) is 13.0 Å². The van der Waals surface area contributed by atoms with E-state index in [9.17, 15) is 4.39 Å². The molecule has 0 saturated carbocycles. The first-order chi connectivity index (χ1) is 7.84. The van der Waals surface area contributed by atoms with Crippen LogP contribution in [0.1, 0.15) is 11.3 Å². The Bertz CT molecular complexity index is 431. The van der Waals surface area contributed by atoms with E-state index in [2.05, 4.69) is 14.9 Å². The maximum absolute atomic E-state index is 12.9. The van der Waals surface area contributed by atoms with E-state index in [1.54, 1.807) is 12.1 Å². The second-order valence-electron chi connectivity index (χ2n) is 3.45. The van der Waals surface area contributed by atoms with Crippen LogP contribution in [0.15, 0.2) is 29.6 Å². The molecule has 84 valence electrons. The molecule has 0 aliphatic carbocycles. The van der Waals surface area contributed by atoms with Crippen LogP contribution in [-0.4, -0.2) is 16.1 Å². The summed E-state index contributed by atoms with van der Waals surface area (Å²) in [6.07, 6.45) is 0.815. The van der Waals surface area contributed by atoms with Crippen LogP contribution in [0.2, 0.25) is 0 Å². The molecule has 0 aliphatic heterocycles. The Hall–Kier alpha value is -1.33. The summed E-state index contributed by atoms with van der Waals surface area (Å²) >= 11 is 1.35. The van der Waals surface area contributed by atoms with Crippen molar-refractivity contribution in [2.24, 2.45) is 0 Å². The first-order valence-corrected chi connectivity index (χ1v) is 5.89. The minimum Gasteiger partial charge on any atom is -0.311 e. The zero-order valence-electron chi connectivity index (χ0n) is 8.69. The molecule has 0 atom stereocenters. The standard InChI is InChI=1S/C11H12FN3S/c12-10-3-1-2-9(6-10)4-5-13-7-11-8-16-15-14-11/h1-3,6,8,13H,4-5,7H2. The van der Waals surface area contributed by atoms with E-state index in [1.807, 2.05) is 11.4 Å². The lowest BCUT2D eigenvalue weighted by Gasteiger charge is -2.02. The molecule has 2 rings (SSSR count). The molecule has 1 heterocycles. The van der Waals surface area contributed by atoms with E-state index < -0.39 is 0 Å². The van der Waals surface area contributed by atoms with Crippen LogP contribution >= 0.6 is 11.5 Å². The SMILES string of the molecule is Fc1cccc(CCNCc2csnn2)c1. The van der Waals surface area contributed by atoms with Gasteiger partial charge in [0.05, 0.1) is 5.69 Å². The van der Waals surface area contributed by atoms with Crippen molar-refractivity contribution >= 4 is 11.5 Å². The Morgan fingerprint density at radius 3 is 3.06 bits per heavy atom. The fraction of sp³-hybridized carbons (Fsp3) is 0.273. The summed E-state index contributed by atoms with van der Waals surface area (Å²) in [4.78, 5) is 0. The number of benzene rings is 1. The Morgan fingerprint density at radius 2 is 2.31 bits per heavy atom. The van der Waals surface area contributed by atoms with Gasteiger partial charge in [-0.2, -0.15) is 0 Å². The predicted molar refractivity (Wildman–Crippen MR) is 61.7 cm³/mol.